The molecular weight excluding hydrogens is 487 g/mol. The first kappa shape index (κ1) is 23.7. The van der Waals surface area contributed by atoms with E-state index in [0.29, 0.717) is 0 Å². The molecule has 0 spiro atoms. The molecule has 0 fully saturated rings. The molecule has 168 valence electrons. The lowest BCUT2D eigenvalue weighted by Gasteiger charge is -2.33. The summed E-state index contributed by atoms with van der Waals surface area (Å²) in [7, 11) is -1.89. The van der Waals surface area contributed by atoms with Crippen molar-refractivity contribution in [3.8, 4) is 5.75 Å². The van der Waals surface area contributed by atoms with Crippen molar-refractivity contribution in [1.29, 1.82) is 0 Å². The van der Waals surface area contributed by atoms with Gasteiger partial charge in [-0.3, -0.25) is 0 Å². The third-order valence-electron chi connectivity index (χ3n) is 6.77. The lowest BCUT2D eigenvalue weighted by molar-refractivity contribution is -0.00000740. The number of hydrogen-bond donors (Lipinski definition) is 0. The van der Waals surface area contributed by atoms with Gasteiger partial charge in [0, 0.05) is 5.56 Å². The molecule has 0 radical (unpaired) electrons. The van der Waals surface area contributed by atoms with Crippen LogP contribution in [0.15, 0.2) is 109 Å². The molecule has 0 N–H and O–H groups in total. The third-order valence-corrected chi connectivity index (χ3v) is 11.1. The van der Waals surface area contributed by atoms with Gasteiger partial charge in [0.15, 0.2) is 0 Å². The summed E-state index contributed by atoms with van der Waals surface area (Å²) in [5.74, 6) is 1.05. The summed E-state index contributed by atoms with van der Waals surface area (Å²) in [5.41, 5.74) is 2.86. The number of fused-ring (bicyclic) bond motifs is 1. The zero-order chi connectivity index (χ0) is 22.0. The van der Waals surface area contributed by atoms with Gasteiger partial charge in [0.05, 0.1) is 12.8 Å². The van der Waals surface area contributed by atoms with Crippen LogP contribution in [-0.2, 0) is 11.6 Å². The van der Waals surface area contributed by atoms with E-state index in [1.54, 1.807) is 0 Å². The zero-order valence-corrected chi connectivity index (χ0v) is 21.7. The highest BCUT2D eigenvalue weighted by Gasteiger charge is 2.45. The summed E-state index contributed by atoms with van der Waals surface area (Å²) >= 11 is 0. The van der Waals surface area contributed by atoms with Crippen LogP contribution in [-0.4, -0.2) is 6.61 Å². The molecule has 1 heterocycles. The number of rotatable bonds is 5. The molecule has 0 amide bonds. The highest BCUT2D eigenvalue weighted by molar-refractivity contribution is 7.95. The maximum atomic E-state index is 6.01. The van der Waals surface area contributed by atoms with Crippen molar-refractivity contribution in [1.82, 2.24) is 0 Å². The van der Waals surface area contributed by atoms with Gasteiger partial charge in [-0.2, -0.15) is 0 Å². The van der Waals surface area contributed by atoms with Gasteiger partial charge < -0.3 is 21.7 Å². The minimum atomic E-state index is -1.89. The fourth-order valence-electron chi connectivity index (χ4n) is 4.92. The van der Waals surface area contributed by atoms with Crippen LogP contribution >= 0.6 is 7.26 Å². The van der Waals surface area contributed by atoms with E-state index in [0.717, 1.165) is 24.9 Å². The summed E-state index contributed by atoms with van der Waals surface area (Å²) in [4.78, 5) is 0. The first-order valence-corrected chi connectivity index (χ1v) is 13.4. The molecule has 33 heavy (non-hydrogen) atoms. The van der Waals surface area contributed by atoms with Crippen molar-refractivity contribution < 1.29 is 21.7 Å². The molecular formula is C30H30BrOP. The lowest BCUT2D eigenvalue weighted by Crippen LogP contribution is -3.00. The van der Waals surface area contributed by atoms with Crippen LogP contribution in [0.5, 0.6) is 5.75 Å². The van der Waals surface area contributed by atoms with Crippen LogP contribution in [0.25, 0.3) is 0 Å². The summed E-state index contributed by atoms with van der Waals surface area (Å²) < 4.78 is 6.01. The Bertz CT molecular complexity index is 1090. The van der Waals surface area contributed by atoms with Crippen LogP contribution < -0.4 is 37.6 Å². The zero-order valence-electron chi connectivity index (χ0n) is 19.2. The summed E-state index contributed by atoms with van der Waals surface area (Å²) in [6.07, 6.45) is 2.05. The predicted molar refractivity (Wildman–Crippen MR) is 138 cm³/mol. The Morgan fingerprint density at radius 1 is 0.697 bits per heavy atom. The molecule has 0 aliphatic carbocycles. The monoisotopic (exact) mass is 516 g/mol. The average Bonchev–Trinajstić information content (AvgIpc) is 2.84. The maximum absolute atomic E-state index is 6.01. The highest BCUT2D eigenvalue weighted by atomic mass is 79.9. The van der Waals surface area contributed by atoms with Crippen LogP contribution in [0.1, 0.15) is 31.4 Å². The van der Waals surface area contributed by atoms with E-state index >= 15 is 0 Å². The third kappa shape index (κ3) is 4.52. The number of hydrogen-bond acceptors (Lipinski definition) is 1. The SMILES string of the molecule is CC1(C)CCOc2ccc(C[P+](c3ccccc3)(c3ccccc3)c3ccccc3)cc21.[Br-]. The van der Waals surface area contributed by atoms with Crippen LogP contribution in [0, 0.1) is 0 Å². The van der Waals surface area contributed by atoms with Crippen LogP contribution in [0.3, 0.4) is 0 Å². The molecule has 3 heteroatoms. The van der Waals surface area contributed by atoms with E-state index in [1.165, 1.54) is 27.0 Å². The maximum Gasteiger partial charge on any atom is 0.123 e. The Morgan fingerprint density at radius 2 is 1.18 bits per heavy atom. The quantitative estimate of drug-likeness (QED) is 0.370. The van der Waals surface area contributed by atoms with Gasteiger partial charge in [-0.05, 0) is 65.9 Å². The molecule has 4 aromatic carbocycles. The normalized spacial score (nSPS) is 14.5. The number of benzene rings is 4. The number of ether oxygens (including phenoxy) is 1. The smallest absolute Gasteiger partial charge is 0.123 e. The fraction of sp³-hybridized carbons (Fsp3) is 0.200. The van der Waals surface area contributed by atoms with Crippen molar-refractivity contribution in [2.75, 3.05) is 6.61 Å². The Morgan fingerprint density at radius 3 is 1.67 bits per heavy atom. The molecule has 0 saturated carbocycles. The van der Waals surface area contributed by atoms with Gasteiger partial charge in [0.2, 0.25) is 0 Å². The number of halogens is 1. The fourth-order valence-corrected chi connectivity index (χ4v) is 9.15. The topological polar surface area (TPSA) is 9.23 Å². The van der Waals surface area contributed by atoms with E-state index in [4.69, 9.17) is 4.74 Å². The first-order chi connectivity index (χ1) is 15.6. The second kappa shape index (κ2) is 9.84. The molecule has 0 aromatic heterocycles. The minimum Gasteiger partial charge on any atom is -1.00 e. The second-order valence-corrected chi connectivity index (χ2v) is 12.8. The Kier molecular flexibility index (Phi) is 7.07. The van der Waals surface area contributed by atoms with Crippen molar-refractivity contribution in [2.45, 2.75) is 31.8 Å². The highest BCUT2D eigenvalue weighted by Crippen LogP contribution is 2.58. The van der Waals surface area contributed by atoms with Crippen molar-refractivity contribution in [3.05, 3.63) is 120 Å². The van der Waals surface area contributed by atoms with Crippen LogP contribution in [0.4, 0.5) is 0 Å². The first-order valence-electron chi connectivity index (χ1n) is 11.4. The largest absolute Gasteiger partial charge is 1.00 e. The van der Waals surface area contributed by atoms with E-state index in [9.17, 15) is 0 Å². The van der Waals surface area contributed by atoms with Gasteiger partial charge in [-0.15, -0.1) is 0 Å². The van der Waals surface area contributed by atoms with Gasteiger partial charge in [0.25, 0.3) is 0 Å². The second-order valence-electron chi connectivity index (χ2n) is 9.29. The minimum absolute atomic E-state index is 0. The van der Waals surface area contributed by atoms with Crippen molar-refractivity contribution >= 4 is 23.2 Å². The molecule has 0 bridgehead atoms. The van der Waals surface area contributed by atoms with Crippen molar-refractivity contribution in [3.63, 3.8) is 0 Å². The van der Waals surface area contributed by atoms with E-state index < -0.39 is 7.26 Å². The summed E-state index contributed by atoms with van der Waals surface area (Å²) in [6.45, 7) is 5.48. The van der Waals surface area contributed by atoms with Gasteiger partial charge >= 0.3 is 0 Å². The molecule has 1 aliphatic heterocycles. The summed E-state index contributed by atoms with van der Waals surface area (Å²) in [5, 5.41) is 4.27. The standard InChI is InChI=1S/C30H30OP.BrH/c1-30(2)20-21-31-29-19-18-24(22-28(29)30)23-32(25-12-6-3-7-13-25,26-14-8-4-9-15-26)27-16-10-5-11-17-27;/h3-19,22H,20-21,23H2,1-2H3;1H/q+1;/p-1. The van der Waals surface area contributed by atoms with E-state index in [2.05, 4.69) is 123 Å². The molecule has 5 rings (SSSR count). The molecule has 0 saturated heterocycles. The van der Waals surface area contributed by atoms with Crippen LogP contribution in [0.2, 0.25) is 0 Å². The van der Waals surface area contributed by atoms with E-state index in [1.807, 2.05) is 0 Å². The van der Waals surface area contributed by atoms with Crippen molar-refractivity contribution in [2.24, 2.45) is 0 Å². The lowest BCUT2D eigenvalue weighted by atomic mass is 9.79. The average molecular weight is 517 g/mol. The molecule has 0 unspecified atom stereocenters. The van der Waals surface area contributed by atoms with Gasteiger partial charge in [-0.25, -0.2) is 0 Å². The molecule has 1 nitrogen and oxygen atoms in total. The predicted octanol–water partition coefficient (Wildman–Crippen LogP) is 3.24. The molecule has 1 aliphatic rings. The Hall–Kier alpha value is -2.41. The van der Waals surface area contributed by atoms with E-state index in [-0.39, 0.29) is 22.4 Å². The molecule has 4 aromatic rings. The van der Waals surface area contributed by atoms with Gasteiger partial charge in [0.1, 0.15) is 28.9 Å². The Labute approximate surface area is 208 Å². The Balaban J connectivity index is 0.00000259. The molecule has 0 atom stereocenters. The van der Waals surface area contributed by atoms with Gasteiger partial charge in [-0.1, -0.05) is 74.5 Å². The summed E-state index contributed by atoms with van der Waals surface area (Å²) in [6, 6.07) is 40.2.